The van der Waals surface area contributed by atoms with Crippen molar-refractivity contribution in [3.05, 3.63) is 24.3 Å². The van der Waals surface area contributed by atoms with E-state index in [2.05, 4.69) is 25.6 Å². The van der Waals surface area contributed by atoms with Gasteiger partial charge in [-0.2, -0.15) is 4.68 Å². The van der Waals surface area contributed by atoms with Gasteiger partial charge in [0.25, 0.3) is 0 Å². The molecule has 1 fully saturated rings. The number of nitrogens with one attached hydrogen (secondary N) is 1. The summed E-state index contributed by atoms with van der Waals surface area (Å²) in [6, 6.07) is 5.39. The molecule has 7 nitrogen and oxygen atoms in total. The van der Waals surface area contributed by atoms with Crippen LogP contribution >= 0.6 is 11.8 Å². The number of nitrogens with zero attached hydrogens (tertiary/aromatic N) is 4. The van der Waals surface area contributed by atoms with Crippen LogP contribution in [-0.4, -0.2) is 44.3 Å². The van der Waals surface area contributed by atoms with Crippen molar-refractivity contribution in [1.82, 2.24) is 25.5 Å². The van der Waals surface area contributed by atoms with E-state index < -0.39 is 6.36 Å². The van der Waals surface area contributed by atoms with Gasteiger partial charge in [-0.25, -0.2) is 0 Å². The Morgan fingerprint density at radius 2 is 1.96 bits per heavy atom. The molecule has 1 aromatic carbocycles. The van der Waals surface area contributed by atoms with Gasteiger partial charge in [0.15, 0.2) is 0 Å². The van der Waals surface area contributed by atoms with Crippen LogP contribution in [0.1, 0.15) is 25.7 Å². The van der Waals surface area contributed by atoms with E-state index >= 15 is 0 Å². The number of alkyl halides is 3. The van der Waals surface area contributed by atoms with Crippen LogP contribution in [0.3, 0.4) is 0 Å². The Morgan fingerprint density at radius 1 is 1.27 bits per heavy atom. The van der Waals surface area contributed by atoms with Gasteiger partial charge in [0.2, 0.25) is 11.1 Å². The minimum Gasteiger partial charge on any atom is -0.406 e. The number of aromatic nitrogens is 4. The summed E-state index contributed by atoms with van der Waals surface area (Å²) in [5.74, 6) is -0.267. The number of ether oxygens (including phenoxy) is 1. The number of hydrogen-bond donors (Lipinski definition) is 1. The Balaban J connectivity index is 1.60. The van der Waals surface area contributed by atoms with Gasteiger partial charge in [0.1, 0.15) is 5.75 Å². The van der Waals surface area contributed by atoms with E-state index in [-0.39, 0.29) is 23.5 Å². The summed E-state index contributed by atoms with van der Waals surface area (Å²) in [5.41, 5.74) is 0.461. The molecule has 0 atom stereocenters. The van der Waals surface area contributed by atoms with E-state index in [1.54, 1.807) is 0 Å². The quantitative estimate of drug-likeness (QED) is 0.768. The zero-order chi connectivity index (χ0) is 18.6. The Labute approximate surface area is 151 Å². The lowest BCUT2D eigenvalue weighted by Crippen LogP contribution is -2.33. The molecule has 1 aliphatic carbocycles. The third-order valence-corrected chi connectivity index (χ3v) is 4.73. The number of tetrazole rings is 1. The average Bonchev–Trinajstić information content (AvgIpc) is 3.23. The van der Waals surface area contributed by atoms with Gasteiger partial charge < -0.3 is 10.1 Å². The summed E-state index contributed by atoms with van der Waals surface area (Å²) in [6.45, 7) is 0. The van der Waals surface area contributed by atoms with Gasteiger partial charge in [0.05, 0.1) is 11.4 Å². The van der Waals surface area contributed by atoms with Crippen LogP contribution in [0.15, 0.2) is 29.4 Å². The number of carbonyl (C=O) groups is 1. The minimum absolute atomic E-state index is 0.0922. The van der Waals surface area contributed by atoms with E-state index in [1.807, 2.05) is 0 Å². The van der Waals surface area contributed by atoms with E-state index in [9.17, 15) is 18.0 Å². The predicted molar refractivity (Wildman–Crippen MR) is 87.0 cm³/mol. The predicted octanol–water partition coefficient (Wildman–Crippen LogP) is 2.71. The molecule has 1 saturated carbocycles. The Bertz CT molecular complexity index is 744. The second kappa shape index (κ2) is 7.94. The van der Waals surface area contributed by atoms with Gasteiger partial charge in [-0.05, 0) is 47.5 Å². The molecule has 0 spiro atoms. The van der Waals surface area contributed by atoms with Crippen molar-refractivity contribution in [1.29, 1.82) is 0 Å². The second-order valence-electron chi connectivity index (χ2n) is 5.75. The van der Waals surface area contributed by atoms with E-state index in [0.717, 1.165) is 37.4 Å². The van der Waals surface area contributed by atoms with Gasteiger partial charge in [-0.3, -0.25) is 4.79 Å². The first-order valence-corrected chi connectivity index (χ1v) is 8.96. The molecular formula is C15H16F3N5O2S. The summed E-state index contributed by atoms with van der Waals surface area (Å²) in [7, 11) is 0. The maximum Gasteiger partial charge on any atom is 0.573 e. The van der Waals surface area contributed by atoms with Crippen molar-refractivity contribution in [3.63, 3.8) is 0 Å². The number of halogens is 3. The van der Waals surface area contributed by atoms with Crippen LogP contribution in [-0.2, 0) is 4.79 Å². The molecule has 0 saturated heterocycles. The fourth-order valence-corrected chi connectivity index (χ4v) is 3.39. The normalized spacial score (nSPS) is 15.2. The summed E-state index contributed by atoms with van der Waals surface area (Å²) >= 11 is 1.16. The first kappa shape index (κ1) is 18.5. The van der Waals surface area contributed by atoms with Crippen molar-refractivity contribution < 1.29 is 22.7 Å². The van der Waals surface area contributed by atoms with Crippen LogP contribution in [0.4, 0.5) is 13.2 Å². The van der Waals surface area contributed by atoms with Crippen LogP contribution in [0.25, 0.3) is 5.69 Å². The molecule has 1 aliphatic rings. The average molecular weight is 387 g/mol. The van der Waals surface area contributed by atoms with E-state index in [0.29, 0.717) is 10.8 Å². The zero-order valence-electron chi connectivity index (χ0n) is 13.6. The van der Waals surface area contributed by atoms with Gasteiger partial charge in [0, 0.05) is 6.04 Å². The third-order valence-electron chi connectivity index (χ3n) is 3.81. The van der Waals surface area contributed by atoms with Gasteiger partial charge >= 0.3 is 6.36 Å². The fourth-order valence-electron chi connectivity index (χ4n) is 2.69. The highest BCUT2D eigenvalue weighted by Crippen LogP contribution is 2.25. The Hall–Kier alpha value is -2.30. The molecule has 1 aromatic heterocycles. The molecule has 0 unspecified atom stereocenters. The zero-order valence-corrected chi connectivity index (χ0v) is 14.4. The number of thioether (sulfide) groups is 1. The van der Waals surface area contributed by atoms with Crippen LogP contribution in [0, 0.1) is 0 Å². The molecule has 0 aliphatic heterocycles. The lowest BCUT2D eigenvalue weighted by Gasteiger charge is -2.11. The molecule has 26 heavy (non-hydrogen) atoms. The van der Waals surface area contributed by atoms with Crippen molar-refractivity contribution in [2.75, 3.05) is 5.75 Å². The summed E-state index contributed by atoms with van der Waals surface area (Å²) in [4.78, 5) is 12.0. The highest BCUT2D eigenvalue weighted by molar-refractivity contribution is 7.99. The highest BCUT2D eigenvalue weighted by atomic mass is 32.2. The smallest absolute Gasteiger partial charge is 0.406 e. The standard InChI is InChI=1S/C15H16F3N5O2S/c16-15(17,18)25-12-7-5-11(6-8-12)23-14(20-21-22-23)26-9-13(24)19-10-3-1-2-4-10/h5-8,10H,1-4,9H2,(H,19,24). The summed E-state index contributed by atoms with van der Waals surface area (Å²) in [6.07, 6.45) is -0.486. The maximum absolute atomic E-state index is 12.2. The highest BCUT2D eigenvalue weighted by Gasteiger charge is 2.31. The molecule has 0 radical (unpaired) electrons. The van der Waals surface area contributed by atoms with Crippen LogP contribution < -0.4 is 10.1 Å². The van der Waals surface area contributed by atoms with E-state index in [4.69, 9.17) is 0 Å². The largest absolute Gasteiger partial charge is 0.573 e. The number of rotatable bonds is 6. The third kappa shape index (κ3) is 5.10. The van der Waals surface area contributed by atoms with Crippen molar-refractivity contribution in [3.8, 4) is 11.4 Å². The first-order valence-electron chi connectivity index (χ1n) is 7.97. The minimum atomic E-state index is -4.75. The van der Waals surface area contributed by atoms with E-state index in [1.165, 1.54) is 28.9 Å². The molecule has 1 N–H and O–H groups in total. The molecule has 3 rings (SSSR count). The summed E-state index contributed by atoms with van der Waals surface area (Å²) < 4.78 is 41.8. The fraction of sp³-hybridized carbons (Fsp3) is 0.467. The van der Waals surface area contributed by atoms with Crippen LogP contribution in [0.2, 0.25) is 0 Å². The topological polar surface area (TPSA) is 81.9 Å². The molecule has 11 heteroatoms. The van der Waals surface area contributed by atoms with Crippen molar-refractivity contribution >= 4 is 17.7 Å². The number of benzene rings is 1. The number of hydrogen-bond acceptors (Lipinski definition) is 6. The monoisotopic (exact) mass is 387 g/mol. The molecule has 1 heterocycles. The lowest BCUT2D eigenvalue weighted by molar-refractivity contribution is -0.274. The summed E-state index contributed by atoms with van der Waals surface area (Å²) in [5, 5.41) is 14.6. The Kier molecular flexibility index (Phi) is 5.64. The van der Waals surface area contributed by atoms with Crippen LogP contribution in [0.5, 0.6) is 5.75 Å². The number of amides is 1. The molecule has 140 valence electrons. The van der Waals surface area contributed by atoms with Crippen molar-refractivity contribution in [2.45, 2.75) is 43.2 Å². The second-order valence-corrected chi connectivity index (χ2v) is 6.70. The molecule has 1 amide bonds. The number of carbonyl (C=O) groups excluding carboxylic acids is 1. The molecule has 2 aromatic rings. The van der Waals surface area contributed by atoms with Crippen molar-refractivity contribution in [2.24, 2.45) is 0 Å². The molecular weight excluding hydrogens is 371 g/mol. The lowest BCUT2D eigenvalue weighted by atomic mass is 10.2. The molecule has 0 bridgehead atoms. The van der Waals surface area contributed by atoms with Gasteiger partial charge in [-0.1, -0.05) is 24.6 Å². The Morgan fingerprint density at radius 3 is 2.62 bits per heavy atom. The maximum atomic E-state index is 12.2. The SMILES string of the molecule is O=C(CSc1nnnn1-c1ccc(OC(F)(F)F)cc1)NC1CCCC1. The first-order chi connectivity index (χ1) is 12.4. The van der Waals surface area contributed by atoms with Gasteiger partial charge in [-0.15, -0.1) is 18.3 Å².